The van der Waals surface area contributed by atoms with Gasteiger partial charge in [-0.3, -0.25) is 4.79 Å². The lowest BCUT2D eigenvalue weighted by Gasteiger charge is -2.28. The highest BCUT2D eigenvalue weighted by Gasteiger charge is 2.43. The van der Waals surface area contributed by atoms with Gasteiger partial charge in [-0.05, 0) is 43.5 Å². The topological polar surface area (TPSA) is 43.1 Å². The number of rotatable bonds is 2. The molecule has 1 aliphatic carbocycles. The van der Waals surface area contributed by atoms with Crippen LogP contribution < -0.4 is 5.73 Å². The molecule has 0 bridgehead atoms. The van der Waals surface area contributed by atoms with Gasteiger partial charge in [0, 0.05) is 0 Å². The summed E-state index contributed by atoms with van der Waals surface area (Å²) in [4.78, 5) is 12.3. The number of nitrogens with two attached hydrogens (primary N) is 1. The lowest BCUT2D eigenvalue weighted by molar-refractivity contribution is -0.121. The number of ketones is 1. The lowest BCUT2D eigenvalue weighted by atomic mass is 9.73. The molecule has 2 aromatic carbocycles. The van der Waals surface area contributed by atoms with Crippen LogP contribution in [0.2, 0.25) is 0 Å². The van der Waals surface area contributed by atoms with Crippen molar-refractivity contribution in [2.45, 2.75) is 25.2 Å². The maximum atomic E-state index is 12.3. The smallest absolute Gasteiger partial charge is 0.144 e. The summed E-state index contributed by atoms with van der Waals surface area (Å²) < 4.78 is 0. The Labute approximate surface area is 120 Å². The van der Waals surface area contributed by atoms with E-state index in [1.54, 1.807) is 6.92 Å². The third kappa shape index (κ3) is 2.16. The summed E-state index contributed by atoms with van der Waals surface area (Å²) in [5, 5.41) is 0. The van der Waals surface area contributed by atoms with E-state index in [1.165, 1.54) is 18.2 Å². The van der Waals surface area contributed by atoms with Crippen molar-refractivity contribution in [3.63, 3.8) is 0 Å². The Bertz CT molecular complexity index is 591. The zero-order chi connectivity index (χ0) is 14.6. The summed E-state index contributed by atoms with van der Waals surface area (Å²) in [5.41, 5.74) is 7.72. The second-order valence-corrected chi connectivity index (χ2v) is 4.98. The average Bonchev–Trinajstić information content (AvgIpc) is 2.91. The van der Waals surface area contributed by atoms with Gasteiger partial charge in [0.05, 0.1) is 5.41 Å². The first-order valence-corrected chi connectivity index (χ1v) is 6.98. The first kappa shape index (κ1) is 14.5. The van der Waals surface area contributed by atoms with Crippen LogP contribution in [0.4, 0.5) is 0 Å². The molecule has 1 aliphatic rings. The molecule has 0 saturated carbocycles. The van der Waals surface area contributed by atoms with Crippen LogP contribution >= 0.6 is 0 Å². The number of aryl methyl sites for hydroxylation is 1. The second-order valence-electron chi connectivity index (χ2n) is 4.98. The van der Waals surface area contributed by atoms with Crippen molar-refractivity contribution >= 4 is 5.78 Å². The van der Waals surface area contributed by atoms with Gasteiger partial charge in [-0.15, -0.1) is 0 Å². The Hall–Kier alpha value is -1.93. The summed E-state index contributed by atoms with van der Waals surface area (Å²) in [6, 6.07) is 18.5. The maximum Gasteiger partial charge on any atom is 0.144 e. The zero-order valence-electron chi connectivity index (χ0n) is 12.1. The van der Waals surface area contributed by atoms with Gasteiger partial charge in [0.15, 0.2) is 0 Å². The van der Waals surface area contributed by atoms with Crippen LogP contribution in [0, 0.1) is 0 Å². The average molecular weight is 267 g/mol. The molecule has 0 amide bonds. The summed E-state index contributed by atoms with van der Waals surface area (Å²) in [7, 11) is 1.50. The Morgan fingerprint density at radius 2 is 1.60 bits per heavy atom. The number of carbonyl (C=O) groups is 1. The molecular formula is C18H21NO. The van der Waals surface area contributed by atoms with E-state index in [4.69, 9.17) is 0 Å². The van der Waals surface area contributed by atoms with Gasteiger partial charge in [0.1, 0.15) is 5.78 Å². The van der Waals surface area contributed by atoms with E-state index in [-0.39, 0.29) is 5.78 Å². The van der Waals surface area contributed by atoms with Crippen molar-refractivity contribution in [3.8, 4) is 0 Å². The molecule has 0 unspecified atom stereocenters. The Morgan fingerprint density at radius 1 is 1.00 bits per heavy atom. The van der Waals surface area contributed by atoms with E-state index in [0.29, 0.717) is 0 Å². The Kier molecular flexibility index (Phi) is 4.35. The number of hydrogen-bond donors (Lipinski definition) is 1. The molecule has 0 aromatic heterocycles. The molecule has 0 saturated heterocycles. The summed E-state index contributed by atoms with van der Waals surface area (Å²) >= 11 is 0. The molecule has 0 fully saturated rings. The Balaban J connectivity index is 0.000000704. The number of Topliss-reactive ketones (excluding diaryl/α,β-unsaturated/α-hetero) is 1. The van der Waals surface area contributed by atoms with E-state index < -0.39 is 5.41 Å². The van der Waals surface area contributed by atoms with E-state index in [0.717, 1.165) is 18.4 Å². The van der Waals surface area contributed by atoms with Gasteiger partial charge in [0.25, 0.3) is 0 Å². The third-order valence-electron chi connectivity index (χ3n) is 4.11. The van der Waals surface area contributed by atoms with E-state index >= 15 is 0 Å². The largest absolute Gasteiger partial charge is 0.333 e. The Morgan fingerprint density at radius 3 is 2.25 bits per heavy atom. The fourth-order valence-corrected chi connectivity index (χ4v) is 3.20. The van der Waals surface area contributed by atoms with Crippen molar-refractivity contribution in [1.29, 1.82) is 0 Å². The molecule has 20 heavy (non-hydrogen) atoms. The van der Waals surface area contributed by atoms with Crippen LogP contribution in [0.3, 0.4) is 0 Å². The maximum absolute atomic E-state index is 12.3. The van der Waals surface area contributed by atoms with Crippen molar-refractivity contribution in [2.75, 3.05) is 7.05 Å². The van der Waals surface area contributed by atoms with Gasteiger partial charge in [-0.25, -0.2) is 0 Å². The molecule has 0 radical (unpaired) electrons. The van der Waals surface area contributed by atoms with Gasteiger partial charge >= 0.3 is 0 Å². The van der Waals surface area contributed by atoms with E-state index in [9.17, 15) is 4.79 Å². The predicted molar refractivity (Wildman–Crippen MR) is 82.8 cm³/mol. The molecule has 2 N–H and O–H groups in total. The zero-order valence-corrected chi connectivity index (χ0v) is 12.1. The molecule has 2 aromatic rings. The number of fused-ring (bicyclic) bond motifs is 1. The monoisotopic (exact) mass is 267 g/mol. The molecule has 0 heterocycles. The molecule has 3 rings (SSSR count). The van der Waals surface area contributed by atoms with E-state index in [1.807, 2.05) is 24.3 Å². The minimum Gasteiger partial charge on any atom is -0.333 e. The van der Waals surface area contributed by atoms with Crippen molar-refractivity contribution < 1.29 is 4.79 Å². The molecular weight excluding hydrogens is 246 g/mol. The lowest BCUT2D eigenvalue weighted by Crippen LogP contribution is -2.32. The second kappa shape index (κ2) is 6.02. The summed E-state index contributed by atoms with van der Waals surface area (Å²) in [5.74, 6) is 0.249. The molecule has 2 heteroatoms. The first-order chi connectivity index (χ1) is 9.75. The highest BCUT2D eigenvalue weighted by Crippen LogP contribution is 2.44. The van der Waals surface area contributed by atoms with Gasteiger partial charge < -0.3 is 5.73 Å². The summed E-state index contributed by atoms with van der Waals surface area (Å²) in [6.07, 6.45) is 1.89. The molecule has 104 valence electrons. The van der Waals surface area contributed by atoms with Crippen LogP contribution in [0.1, 0.15) is 30.0 Å². The van der Waals surface area contributed by atoms with Crippen LogP contribution in [0.5, 0.6) is 0 Å². The van der Waals surface area contributed by atoms with Crippen molar-refractivity contribution in [2.24, 2.45) is 5.73 Å². The number of carbonyl (C=O) groups excluding carboxylic acids is 1. The quantitative estimate of drug-likeness (QED) is 0.908. The van der Waals surface area contributed by atoms with Crippen LogP contribution in [-0.4, -0.2) is 12.8 Å². The van der Waals surface area contributed by atoms with Crippen LogP contribution in [0.25, 0.3) is 0 Å². The van der Waals surface area contributed by atoms with Crippen LogP contribution in [0.15, 0.2) is 54.6 Å². The predicted octanol–water partition coefficient (Wildman–Crippen LogP) is 3.08. The number of hydrogen-bond acceptors (Lipinski definition) is 2. The number of benzene rings is 2. The van der Waals surface area contributed by atoms with Gasteiger partial charge in [0.2, 0.25) is 0 Å². The fourth-order valence-electron chi connectivity index (χ4n) is 3.20. The van der Waals surface area contributed by atoms with Gasteiger partial charge in [-0.1, -0.05) is 54.6 Å². The van der Waals surface area contributed by atoms with Crippen molar-refractivity contribution in [1.82, 2.24) is 0 Å². The van der Waals surface area contributed by atoms with E-state index in [2.05, 4.69) is 36.1 Å². The third-order valence-corrected chi connectivity index (χ3v) is 4.11. The molecule has 0 spiro atoms. The SMILES string of the molecule is CC(=O)[C@@]1(c2ccccc2)CCc2ccccc21.CN. The van der Waals surface area contributed by atoms with Crippen molar-refractivity contribution in [3.05, 3.63) is 71.3 Å². The normalized spacial score (nSPS) is 19.8. The van der Waals surface area contributed by atoms with Crippen LogP contribution in [-0.2, 0) is 16.6 Å². The standard InChI is InChI=1S/C17H16O.CH5N/c1-13(18)17(15-8-3-2-4-9-15)12-11-14-7-5-6-10-16(14)17;1-2/h2-10H,11-12H2,1H3;2H2,1H3/t17-;/m1./s1. The van der Waals surface area contributed by atoms with Gasteiger partial charge in [-0.2, -0.15) is 0 Å². The molecule has 1 atom stereocenters. The minimum atomic E-state index is -0.419. The molecule has 2 nitrogen and oxygen atoms in total. The highest BCUT2D eigenvalue weighted by atomic mass is 16.1. The first-order valence-electron chi connectivity index (χ1n) is 6.98. The fraction of sp³-hybridized carbons (Fsp3) is 0.278. The highest BCUT2D eigenvalue weighted by molar-refractivity contribution is 5.93. The summed E-state index contributed by atoms with van der Waals surface area (Å²) in [6.45, 7) is 1.72. The molecule has 0 aliphatic heterocycles. The minimum absolute atomic E-state index is 0.249.